The summed E-state index contributed by atoms with van der Waals surface area (Å²) in [5, 5.41) is 15.1. The topological polar surface area (TPSA) is 46.3 Å². The molecule has 1 N–H and O–H groups in total. The summed E-state index contributed by atoms with van der Waals surface area (Å²) in [6.07, 6.45) is 10.1. The molecule has 3 nitrogen and oxygen atoms in total. The third kappa shape index (κ3) is 1.83. The maximum atomic E-state index is 11.1. The summed E-state index contributed by atoms with van der Waals surface area (Å²) >= 11 is 0. The highest BCUT2D eigenvalue weighted by atomic mass is 16.5. The number of nitrogens with zero attached hydrogens (tertiary/aromatic N) is 1. The van der Waals surface area contributed by atoms with Crippen molar-refractivity contribution in [3.05, 3.63) is 23.1 Å². The van der Waals surface area contributed by atoms with Crippen molar-refractivity contribution in [2.75, 3.05) is 0 Å². The third-order valence-electron chi connectivity index (χ3n) is 9.23. The summed E-state index contributed by atoms with van der Waals surface area (Å²) in [4.78, 5) is 0. The predicted molar refractivity (Wildman–Crippen MR) is 97.8 cm³/mol. The van der Waals surface area contributed by atoms with E-state index in [2.05, 4.69) is 32.9 Å². The molecule has 1 aromatic rings. The van der Waals surface area contributed by atoms with Crippen molar-refractivity contribution >= 4 is 5.57 Å². The standard InChI is InChI=1S/C22H31NO2/c1-13-16-6-5-15-17(20(16,2)11-14-12-23-25-19(13)14)7-9-21(3)18(15)8-10-22(21,4)24/h12,15,17-18,24H,5-11H2,1-4H3/t15-,17+,18-,20+,21-,22+/m1/s1. The zero-order valence-corrected chi connectivity index (χ0v) is 16.1. The van der Waals surface area contributed by atoms with Crippen molar-refractivity contribution in [3.63, 3.8) is 0 Å². The lowest BCUT2D eigenvalue weighted by Crippen LogP contribution is -2.54. The molecule has 0 radical (unpaired) electrons. The minimum absolute atomic E-state index is 0.109. The molecule has 3 fully saturated rings. The van der Waals surface area contributed by atoms with Gasteiger partial charge in [-0.3, -0.25) is 0 Å². The maximum absolute atomic E-state index is 11.1. The number of fused-ring (bicyclic) bond motifs is 6. The Hall–Kier alpha value is -1.09. The molecular weight excluding hydrogens is 310 g/mol. The highest BCUT2D eigenvalue weighted by Gasteiger charge is 2.62. The van der Waals surface area contributed by atoms with E-state index in [0.717, 1.165) is 30.4 Å². The average Bonchev–Trinajstić information content (AvgIpc) is 3.10. The van der Waals surface area contributed by atoms with Gasteiger partial charge in [0.25, 0.3) is 0 Å². The predicted octanol–water partition coefficient (Wildman–Crippen LogP) is 5.00. The first kappa shape index (κ1) is 16.1. The van der Waals surface area contributed by atoms with Gasteiger partial charge < -0.3 is 9.63 Å². The van der Waals surface area contributed by atoms with Crippen molar-refractivity contribution in [1.29, 1.82) is 0 Å². The normalized spacial score (nSPS) is 48.6. The molecule has 1 aromatic heterocycles. The Morgan fingerprint density at radius 2 is 1.88 bits per heavy atom. The Morgan fingerprint density at radius 1 is 1.12 bits per heavy atom. The van der Waals surface area contributed by atoms with Crippen molar-refractivity contribution in [2.24, 2.45) is 28.6 Å². The highest BCUT2D eigenvalue weighted by molar-refractivity contribution is 5.69. The van der Waals surface area contributed by atoms with Crippen molar-refractivity contribution in [3.8, 4) is 0 Å². The molecule has 0 aliphatic heterocycles. The first-order valence-corrected chi connectivity index (χ1v) is 10.1. The molecule has 25 heavy (non-hydrogen) atoms. The average molecular weight is 341 g/mol. The summed E-state index contributed by atoms with van der Waals surface area (Å²) in [6, 6.07) is 0. The lowest BCUT2D eigenvalue weighted by Gasteiger charge is -2.59. The van der Waals surface area contributed by atoms with E-state index in [1.54, 1.807) is 5.57 Å². The Balaban J connectivity index is 1.57. The molecule has 0 bridgehead atoms. The van der Waals surface area contributed by atoms with Crippen LogP contribution in [0.4, 0.5) is 0 Å². The molecule has 4 aliphatic carbocycles. The van der Waals surface area contributed by atoms with Crippen molar-refractivity contribution in [2.45, 2.75) is 78.2 Å². The van der Waals surface area contributed by atoms with Gasteiger partial charge in [0.05, 0.1) is 11.8 Å². The fraction of sp³-hybridized carbons (Fsp3) is 0.773. The minimum Gasteiger partial charge on any atom is -0.390 e. The van der Waals surface area contributed by atoms with Gasteiger partial charge in [-0.25, -0.2) is 0 Å². The summed E-state index contributed by atoms with van der Waals surface area (Å²) in [7, 11) is 0. The smallest absolute Gasteiger partial charge is 0.165 e. The van der Waals surface area contributed by atoms with Gasteiger partial charge in [0, 0.05) is 5.56 Å². The van der Waals surface area contributed by atoms with Crippen LogP contribution in [0.5, 0.6) is 0 Å². The number of allylic oxidation sites excluding steroid dienone is 2. The second-order valence-corrected chi connectivity index (χ2v) is 10.1. The van der Waals surface area contributed by atoms with Crippen LogP contribution in [0.2, 0.25) is 0 Å². The monoisotopic (exact) mass is 341 g/mol. The summed E-state index contributed by atoms with van der Waals surface area (Å²) in [5.74, 6) is 3.22. The lowest BCUT2D eigenvalue weighted by molar-refractivity contribution is -0.116. The quantitative estimate of drug-likeness (QED) is 0.722. The number of rotatable bonds is 0. The molecule has 5 rings (SSSR count). The SMILES string of the molecule is CC1=C2CC[C@H]3[C@H]4CC[C@](C)(O)[C@]4(C)CC[C@@H]3[C@@]2(C)Cc2cnoc21. The van der Waals surface area contributed by atoms with Crippen LogP contribution in [0.1, 0.15) is 77.5 Å². The largest absolute Gasteiger partial charge is 0.390 e. The molecule has 136 valence electrons. The number of hydrogen-bond acceptors (Lipinski definition) is 3. The summed E-state index contributed by atoms with van der Waals surface area (Å²) in [6.45, 7) is 9.22. The van der Waals surface area contributed by atoms with Gasteiger partial charge >= 0.3 is 0 Å². The first-order chi connectivity index (χ1) is 11.8. The molecule has 0 aromatic carbocycles. The van der Waals surface area contributed by atoms with E-state index in [9.17, 15) is 5.11 Å². The minimum atomic E-state index is -0.482. The molecule has 6 atom stereocenters. The van der Waals surface area contributed by atoms with Gasteiger partial charge in [-0.1, -0.05) is 24.6 Å². The first-order valence-electron chi connectivity index (χ1n) is 10.1. The van der Waals surface area contributed by atoms with Crippen LogP contribution >= 0.6 is 0 Å². The second kappa shape index (κ2) is 4.79. The van der Waals surface area contributed by atoms with Gasteiger partial charge in [-0.15, -0.1) is 0 Å². The molecule has 0 saturated heterocycles. The van der Waals surface area contributed by atoms with E-state index in [1.807, 2.05) is 6.20 Å². The molecule has 3 saturated carbocycles. The van der Waals surface area contributed by atoms with Crippen molar-refractivity contribution < 1.29 is 9.63 Å². The molecular formula is C22H31NO2. The zero-order chi connectivity index (χ0) is 17.6. The summed E-state index contributed by atoms with van der Waals surface area (Å²) in [5.41, 5.74) is 4.16. The Bertz CT molecular complexity index is 760. The molecule has 0 spiro atoms. The van der Waals surface area contributed by atoms with Crippen molar-refractivity contribution in [1.82, 2.24) is 5.16 Å². The van der Waals surface area contributed by atoms with E-state index in [1.165, 1.54) is 43.2 Å². The Labute approximate surface area is 150 Å². The summed E-state index contributed by atoms with van der Waals surface area (Å²) < 4.78 is 5.57. The molecule has 4 aliphatic rings. The molecule has 0 unspecified atom stereocenters. The fourth-order valence-corrected chi connectivity index (χ4v) is 7.63. The lowest BCUT2D eigenvalue weighted by atomic mass is 9.46. The fourth-order valence-electron chi connectivity index (χ4n) is 7.63. The Morgan fingerprint density at radius 3 is 2.68 bits per heavy atom. The number of hydrogen-bond donors (Lipinski definition) is 1. The zero-order valence-electron chi connectivity index (χ0n) is 16.1. The molecule has 0 amide bonds. The number of aromatic nitrogens is 1. The van der Waals surface area contributed by atoms with Gasteiger partial charge in [0.2, 0.25) is 0 Å². The van der Waals surface area contributed by atoms with E-state index >= 15 is 0 Å². The van der Waals surface area contributed by atoms with Crippen LogP contribution in [0.25, 0.3) is 5.57 Å². The third-order valence-corrected chi connectivity index (χ3v) is 9.23. The van der Waals surface area contributed by atoms with Crippen LogP contribution in [0.15, 0.2) is 16.3 Å². The van der Waals surface area contributed by atoms with E-state index < -0.39 is 5.60 Å². The van der Waals surface area contributed by atoms with Crippen LogP contribution in [0.3, 0.4) is 0 Å². The Kier molecular flexibility index (Phi) is 3.09. The van der Waals surface area contributed by atoms with Crippen LogP contribution in [0, 0.1) is 28.6 Å². The highest BCUT2D eigenvalue weighted by Crippen LogP contribution is 2.67. The van der Waals surface area contributed by atoms with Gasteiger partial charge in [-0.2, -0.15) is 0 Å². The van der Waals surface area contributed by atoms with E-state index in [4.69, 9.17) is 4.52 Å². The molecule has 1 heterocycles. The maximum Gasteiger partial charge on any atom is 0.165 e. The number of aliphatic hydroxyl groups is 1. The van der Waals surface area contributed by atoms with Gasteiger partial charge in [0.1, 0.15) is 0 Å². The van der Waals surface area contributed by atoms with Gasteiger partial charge in [-0.05, 0) is 93.0 Å². The van der Waals surface area contributed by atoms with Crippen LogP contribution < -0.4 is 0 Å². The molecule has 3 heteroatoms. The van der Waals surface area contributed by atoms with Crippen LogP contribution in [-0.2, 0) is 6.42 Å². The van der Waals surface area contributed by atoms with E-state index in [0.29, 0.717) is 5.92 Å². The van der Waals surface area contributed by atoms with E-state index in [-0.39, 0.29) is 10.8 Å². The van der Waals surface area contributed by atoms with Gasteiger partial charge in [0.15, 0.2) is 5.76 Å². The van der Waals surface area contributed by atoms with Crippen LogP contribution in [-0.4, -0.2) is 15.9 Å². The second-order valence-electron chi connectivity index (χ2n) is 10.1.